The Balaban J connectivity index is 1.72. The Hall–Kier alpha value is -2.31. The highest BCUT2D eigenvalue weighted by Gasteiger charge is 2.25. The van der Waals surface area contributed by atoms with Crippen molar-refractivity contribution < 1.29 is 19.4 Å². The molecule has 1 amide bonds. The summed E-state index contributed by atoms with van der Waals surface area (Å²) in [6.07, 6.45) is 0.0644. The maximum Gasteiger partial charge on any atom is 0.254 e. The van der Waals surface area contributed by atoms with Crippen LogP contribution in [-0.4, -0.2) is 35.3 Å². The second kappa shape index (κ2) is 7.29. The highest BCUT2D eigenvalue weighted by molar-refractivity contribution is 6.30. The number of aliphatic hydroxyl groups is 1. The predicted molar refractivity (Wildman–Crippen MR) is 93.5 cm³/mol. The summed E-state index contributed by atoms with van der Waals surface area (Å²) in [5.74, 6) is -1.52. The molecular formula is C18H18ClFN2O3. The average molecular weight is 365 g/mol. The monoisotopic (exact) mass is 364 g/mol. The van der Waals surface area contributed by atoms with Crippen molar-refractivity contribution in [1.82, 2.24) is 5.32 Å². The van der Waals surface area contributed by atoms with E-state index in [-0.39, 0.29) is 23.5 Å². The molecule has 1 saturated heterocycles. The van der Waals surface area contributed by atoms with Crippen LogP contribution in [-0.2, 0) is 6.54 Å². The minimum atomic E-state index is -0.720. The molecule has 0 radical (unpaired) electrons. The van der Waals surface area contributed by atoms with E-state index in [1.165, 1.54) is 0 Å². The number of nitrogens with zero attached hydrogens (tertiary/aromatic N) is 1. The summed E-state index contributed by atoms with van der Waals surface area (Å²) in [5.41, 5.74) is 0.878. The van der Waals surface area contributed by atoms with E-state index in [1.54, 1.807) is 29.2 Å². The van der Waals surface area contributed by atoms with Gasteiger partial charge in [0.25, 0.3) is 5.91 Å². The Morgan fingerprint density at radius 1 is 1.32 bits per heavy atom. The Morgan fingerprint density at radius 3 is 2.68 bits per heavy atom. The molecular weight excluding hydrogens is 347 g/mol. The fourth-order valence-electron chi connectivity index (χ4n) is 2.82. The van der Waals surface area contributed by atoms with Gasteiger partial charge in [-0.05, 0) is 30.2 Å². The molecule has 5 nitrogen and oxygen atoms in total. The lowest BCUT2D eigenvalue weighted by atomic mass is 10.1. The van der Waals surface area contributed by atoms with Crippen LogP contribution >= 0.6 is 11.6 Å². The number of carbonyl (C=O) groups is 1. The van der Waals surface area contributed by atoms with Crippen LogP contribution in [0.2, 0.25) is 5.02 Å². The Labute approximate surface area is 149 Å². The number of phenols is 1. The number of benzene rings is 2. The molecule has 0 aromatic heterocycles. The van der Waals surface area contributed by atoms with E-state index in [0.717, 1.165) is 17.7 Å². The van der Waals surface area contributed by atoms with Gasteiger partial charge >= 0.3 is 0 Å². The second-order valence-electron chi connectivity index (χ2n) is 6.02. The van der Waals surface area contributed by atoms with Gasteiger partial charge < -0.3 is 20.4 Å². The van der Waals surface area contributed by atoms with E-state index < -0.39 is 17.8 Å². The molecule has 1 aliphatic rings. The van der Waals surface area contributed by atoms with Crippen LogP contribution in [0.15, 0.2) is 36.4 Å². The van der Waals surface area contributed by atoms with Crippen molar-refractivity contribution in [2.75, 3.05) is 18.0 Å². The number of anilines is 1. The van der Waals surface area contributed by atoms with Crippen LogP contribution in [0.3, 0.4) is 0 Å². The van der Waals surface area contributed by atoms with Crippen LogP contribution in [0.4, 0.5) is 10.1 Å². The van der Waals surface area contributed by atoms with Gasteiger partial charge in [0.1, 0.15) is 11.6 Å². The summed E-state index contributed by atoms with van der Waals surface area (Å²) in [4.78, 5) is 13.9. The van der Waals surface area contributed by atoms with Gasteiger partial charge in [-0.3, -0.25) is 4.79 Å². The second-order valence-corrected chi connectivity index (χ2v) is 6.45. The number of halogens is 2. The van der Waals surface area contributed by atoms with Gasteiger partial charge in [-0.25, -0.2) is 4.39 Å². The molecule has 2 aromatic rings. The molecule has 0 aliphatic carbocycles. The zero-order chi connectivity index (χ0) is 18.0. The maximum absolute atomic E-state index is 14.3. The largest absolute Gasteiger partial charge is 0.506 e. The van der Waals surface area contributed by atoms with Crippen molar-refractivity contribution in [2.45, 2.75) is 19.1 Å². The number of aromatic hydroxyl groups is 1. The fraction of sp³-hybridized carbons (Fsp3) is 0.278. The molecule has 1 atom stereocenters. The van der Waals surface area contributed by atoms with Crippen molar-refractivity contribution in [3.63, 3.8) is 0 Å². The first kappa shape index (κ1) is 17.5. The van der Waals surface area contributed by atoms with E-state index in [1.807, 2.05) is 0 Å². The summed E-state index contributed by atoms with van der Waals surface area (Å²) in [6, 6.07) is 9.18. The number of amides is 1. The van der Waals surface area contributed by atoms with Crippen LogP contribution in [0.5, 0.6) is 5.75 Å². The summed E-state index contributed by atoms with van der Waals surface area (Å²) in [7, 11) is 0. The van der Waals surface area contributed by atoms with Gasteiger partial charge in [0.15, 0.2) is 0 Å². The van der Waals surface area contributed by atoms with E-state index in [0.29, 0.717) is 24.5 Å². The van der Waals surface area contributed by atoms with Crippen LogP contribution in [0.1, 0.15) is 22.3 Å². The maximum atomic E-state index is 14.3. The van der Waals surface area contributed by atoms with Gasteiger partial charge in [0, 0.05) is 30.7 Å². The van der Waals surface area contributed by atoms with E-state index in [2.05, 4.69) is 5.32 Å². The normalized spacial score (nSPS) is 16.9. The lowest BCUT2D eigenvalue weighted by Gasteiger charge is -2.20. The van der Waals surface area contributed by atoms with Crippen molar-refractivity contribution in [3.05, 3.63) is 58.4 Å². The summed E-state index contributed by atoms with van der Waals surface area (Å²) >= 11 is 5.80. The quantitative estimate of drug-likeness (QED) is 0.780. The number of hydrogen-bond acceptors (Lipinski definition) is 4. The van der Waals surface area contributed by atoms with Crippen molar-refractivity contribution >= 4 is 23.2 Å². The zero-order valence-corrected chi connectivity index (χ0v) is 14.1. The summed E-state index contributed by atoms with van der Waals surface area (Å²) < 4.78 is 14.3. The minimum Gasteiger partial charge on any atom is -0.506 e. The molecule has 1 fully saturated rings. The smallest absolute Gasteiger partial charge is 0.254 e. The van der Waals surface area contributed by atoms with Crippen molar-refractivity contribution in [3.8, 4) is 5.75 Å². The third kappa shape index (κ3) is 4.03. The Kier molecular flexibility index (Phi) is 5.11. The standard InChI is InChI=1S/C18H18ClFN2O3/c19-12-3-1-11(2-4-12)9-21-18(25)14-7-17(24)16(8-15(14)20)22-6-5-13(23)10-22/h1-4,7-8,13,23-24H,5-6,9-10H2,(H,21,25). The molecule has 0 spiro atoms. The molecule has 2 aromatic carbocycles. The Bertz CT molecular complexity index is 783. The fourth-order valence-corrected chi connectivity index (χ4v) is 2.95. The predicted octanol–water partition coefficient (Wildman–Crippen LogP) is 2.69. The Morgan fingerprint density at radius 2 is 2.04 bits per heavy atom. The molecule has 25 heavy (non-hydrogen) atoms. The third-order valence-electron chi connectivity index (χ3n) is 4.18. The minimum absolute atomic E-state index is 0.188. The van der Waals surface area contributed by atoms with E-state index in [4.69, 9.17) is 11.6 Å². The number of aliphatic hydroxyl groups excluding tert-OH is 1. The van der Waals surface area contributed by atoms with Gasteiger partial charge in [-0.1, -0.05) is 23.7 Å². The topological polar surface area (TPSA) is 72.8 Å². The van der Waals surface area contributed by atoms with Crippen LogP contribution in [0.25, 0.3) is 0 Å². The molecule has 1 heterocycles. The lowest BCUT2D eigenvalue weighted by Crippen LogP contribution is -2.25. The SMILES string of the molecule is O=C(NCc1ccc(Cl)cc1)c1cc(O)c(N2CCC(O)C2)cc1F. The highest BCUT2D eigenvalue weighted by atomic mass is 35.5. The van der Waals surface area contributed by atoms with Gasteiger partial charge in [0.2, 0.25) is 0 Å². The van der Waals surface area contributed by atoms with Crippen LogP contribution < -0.4 is 10.2 Å². The molecule has 132 valence electrons. The first-order chi connectivity index (χ1) is 11.9. The molecule has 1 unspecified atom stereocenters. The van der Waals surface area contributed by atoms with Gasteiger partial charge in [-0.2, -0.15) is 0 Å². The number of rotatable bonds is 4. The molecule has 3 N–H and O–H groups in total. The summed E-state index contributed by atoms with van der Waals surface area (Å²) in [5, 5.41) is 22.9. The number of nitrogens with one attached hydrogen (secondary N) is 1. The van der Waals surface area contributed by atoms with E-state index >= 15 is 0 Å². The highest BCUT2D eigenvalue weighted by Crippen LogP contribution is 2.32. The van der Waals surface area contributed by atoms with Crippen LogP contribution in [0, 0.1) is 5.82 Å². The molecule has 3 rings (SSSR count). The average Bonchev–Trinajstić information content (AvgIpc) is 3.02. The zero-order valence-electron chi connectivity index (χ0n) is 13.4. The summed E-state index contributed by atoms with van der Waals surface area (Å²) in [6.45, 7) is 1.07. The number of phenolic OH excluding ortho intramolecular Hbond substituents is 1. The number of carbonyl (C=O) groups excluding carboxylic acids is 1. The molecule has 0 bridgehead atoms. The van der Waals surface area contributed by atoms with E-state index in [9.17, 15) is 19.4 Å². The third-order valence-corrected chi connectivity index (χ3v) is 4.43. The molecule has 7 heteroatoms. The van der Waals surface area contributed by atoms with Gasteiger partial charge in [0.05, 0.1) is 17.4 Å². The van der Waals surface area contributed by atoms with Crippen molar-refractivity contribution in [2.24, 2.45) is 0 Å². The lowest BCUT2D eigenvalue weighted by molar-refractivity contribution is 0.0946. The number of hydrogen-bond donors (Lipinski definition) is 3. The first-order valence-corrected chi connectivity index (χ1v) is 8.30. The molecule has 1 aliphatic heterocycles. The molecule has 0 saturated carbocycles. The van der Waals surface area contributed by atoms with Gasteiger partial charge in [-0.15, -0.1) is 0 Å². The number of β-amino-alcohol motifs (C(OH)–C–C–N with tert-alkyl or cyclic N) is 1. The first-order valence-electron chi connectivity index (χ1n) is 7.92. The van der Waals surface area contributed by atoms with Crippen molar-refractivity contribution in [1.29, 1.82) is 0 Å².